The average molecular weight is 583 g/mol. The molecule has 3 rings (SSSR count). The molecule has 2 unspecified atom stereocenters. The summed E-state index contributed by atoms with van der Waals surface area (Å²) in [5.74, 6) is -4.46. The van der Waals surface area contributed by atoms with Gasteiger partial charge in [-0.1, -0.05) is 36.4 Å². The third-order valence-electron chi connectivity index (χ3n) is 5.62. The maximum absolute atomic E-state index is 13.0. The van der Waals surface area contributed by atoms with Crippen LogP contribution < -0.4 is 10.5 Å². The number of anilines is 2. The van der Waals surface area contributed by atoms with Gasteiger partial charge in [0, 0.05) is 16.8 Å². The second kappa shape index (κ2) is 14.6. The van der Waals surface area contributed by atoms with Gasteiger partial charge in [0.15, 0.2) is 0 Å². The van der Waals surface area contributed by atoms with Crippen LogP contribution in [0.5, 0.6) is 0 Å². The first-order valence-electron chi connectivity index (χ1n) is 12.4. The molecular formula is C28H26N2O12-2. The molecule has 0 amide bonds. The fourth-order valence-electron chi connectivity index (χ4n) is 3.77. The zero-order chi connectivity index (χ0) is 30.8. The molecule has 0 aromatic heterocycles. The van der Waals surface area contributed by atoms with E-state index in [0.29, 0.717) is 6.07 Å². The number of nitrogens with zero attached hydrogens (tertiary/aromatic N) is 2. The van der Waals surface area contributed by atoms with E-state index in [-0.39, 0.29) is 24.3 Å². The summed E-state index contributed by atoms with van der Waals surface area (Å²) in [5, 5.41) is 42.5. The summed E-state index contributed by atoms with van der Waals surface area (Å²) < 4.78 is 20.7. The summed E-state index contributed by atoms with van der Waals surface area (Å²) in [4.78, 5) is 51.7. The molecule has 0 aliphatic carbocycles. The number of rotatable bonds is 12. The molecule has 222 valence electrons. The second-order valence-corrected chi connectivity index (χ2v) is 8.32. The predicted octanol–water partition coefficient (Wildman–Crippen LogP) is 4.00. The normalized spacial score (nSPS) is 12.0. The van der Waals surface area contributed by atoms with Crippen LogP contribution in [0.3, 0.4) is 0 Å². The highest BCUT2D eigenvalue weighted by molar-refractivity contribution is 5.94. The molecule has 14 nitrogen and oxygen atoms in total. The summed E-state index contributed by atoms with van der Waals surface area (Å²) in [6.45, 7) is 2.53. The second-order valence-electron chi connectivity index (χ2n) is 8.32. The standard InChI is InChI=1S/C28H26N2O12/c1-3-39-27(33)23(41-25(31)17-11-7-5-8-12-17)19-15-20(22(30(37)38)16-21(19)29(35)36)24(28(34)40-4-2)42-26(32)18-13-9-6-10-14-18/h5-16,23-24,35-36H,3-4H2,1-2H3/q-2. The number of hydrogen-bond acceptors (Lipinski definition) is 14. The molecule has 0 radical (unpaired) electrons. The highest BCUT2D eigenvalue weighted by Crippen LogP contribution is 2.39. The van der Waals surface area contributed by atoms with Gasteiger partial charge in [-0.2, -0.15) is 0 Å². The van der Waals surface area contributed by atoms with Crippen LogP contribution in [-0.4, -0.2) is 47.5 Å². The van der Waals surface area contributed by atoms with Crippen LogP contribution in [0.2, 0.25) is 0 Å². The Balaban J connectivity index is 2.23. The molecule has 0 bridgehead atoms. The molecule has 42 heavy (non-hydrogen) atoms. The summed E-state index contributed by atoms with van der Waals surface area (Å²) in [6, 6.07) is 16.3. The van der Waals surface area contributed by atoms with Crippen molar-refractivity contribution in [3.8, 4) is 0 Å². The van der Waals surface area contributed by atoms with Crippen molar-refractivity contribution in [1.29, 1.82) is 0 Å². The molecule has 3 aromatic rings. The Morgan fingerprint density at radius 2 is 1.10 bits per heavy atom. The third-order valence-corrected chi connectivity index (χ3v) is 5.62. The molecule has 2 atom stereocenters. The molecule has 0 saturated carbocycles. The average Bonchev–Trinajstić information content (AvgIpc) is 2.98. The van der Waals surface area contributed by atoms with Gasteiger partial charge >= 0.3 is 23.9 Å². The summed E-state index contributed by atoms with van der Waals surface area (Å²) in [6.07, 6.45) is -4.09. The van der Waals surface area contributed by atoms with Crippen LogP contribution in [0, 0.1) is 10.4 Å². The highest BCUT2D eigenvalue weighted by Gasteiger charge is 2.36. The molecular weight excluding hydrogens is 556 g/mol. The fourth-order valence-corrected chi connectivity index (χ4v) is 3.77. The highest BCUT2D eigenvalue weighted by atomic mass is 16.8. The number of carbonyl (C=O) groups is 4. The van der Waals surface area contributed by atoms with Gasteiger partial charge in [0.1, 0.15) is 5.69 Å². The topological polar surface area (TPSA) is 198 Å². The van der Waals surface area contributed by atoms with Gasteiger partial charge in [0.25, 0.3) is 0 Å². The summed E-state index contributed by atoms with van der Waals surface area (Å²) in [7, 11) is 0. The summed E-state index contributed by atoms with van der Waals surface area (Å²) >= 11 is 0. The van der Waals surface area contributed by atoms with E-state index in [0.717, 1.165) is 6.07 Å². The van der Waals surface area contributed by atoms with Crippen molar-refractivity contribution < 1.29 is 48.5 Å². The number of benzene rings is 3. The lowest BCUT2D eigenvalue weighted by atomic mass is 9.98. The van der Waals surface area contributed by atoms with Crippen LogP contribution in [0.15, 0.2) is 72.8 Å². The van der Waals surface area contributed by atoms with E-state index in [1.165, 1.54) is 62.4 Å². The van der Waals surface area contributed by atoms with E-state index in [4.69, 9.17) is 18.9 Å². The number of esters is 4. The monoisotopic (exact) mass is 582 g/mol. The molecule has 0 saturated heterocycles. The Labute approximate surface area is 239 Å². The van der Waals surface area contributed by atoms with E-state index < -0.39 is 69.0 Å². The third kappa shape index (κ3) is 7.58. The van der Waals surface area contributed by atoms with Gasteiger partial charge in [-0.25, -0.2) is 19.2 Å². The van der Waals surface area contributed by atoms with Crippen molar-refractivity contribution >= 4 is 35.3 Å². The van der Waals surface area contributed by atoms with E-state index >= 15 is 0 Å². The Hall–Kier alpha value is -5.02. The first-order valence-corrected chi connectivity index (χ1v) is 12.4. The van der Waals surface area contributed by atoms with Gasteiger partial charge in [-0.3, -0.25) is 10.4 Å². The zero-order valence-corrected chi connectivity index (χ0v) is 22.4. The van der Waals surface area contributed by atoms with Crippen molar-refractivity contribution in [2.24, 2.45) is 0 Å². The molecule has 14 heteroatoms. The van der Waals surface area contributed by atoms with Crippen molar-refractivity contribution in [2.45, 2.75) is 26.1 Å². The molecule has 0 aliphatic rings. The minimum atomic E-state index is -2.07. The minimum absolute atomic E-state index is 0.00405. The van der Waals surface area contributed by atoms with Gasteiger partial charge in [-0.05, 0) is 50.2 Å². The van der Waals surface area contributed by atoms with Crippen LogP contribution in [0.1, 0.15) is 57.9 Å². The number of hydrogen-bond donors (Lipinski definition) is 2. The lowest BCUT2D eigenvalue weighted by Crippen LogP contribution is -2.28. The lowest BCUT2D eigenvalue weighted by molar-refractivity contribution is -0.154. The van der Waals surface area contributed by atoms with E-state index in [1.807, 2.05) is 0 Å². The molecule has 2 N–H and O–H groups in total. The Bertz CT molecular complexity index is 1290. The van der Waals surface area contributed by atoms with Crippen molar-refractivity contribution in [2.75, 3.05) is 23.7 Å². The first kappa shape index (κ1) is 31.5. The SMILES string of the molecule is CCOC(=O)C(OC(=O)c1ccccc1)c1cc(C(OC(=O)c2ccccc2)C(=O)OCC)c(N(O)O)cc1N([O-])[O-]. The Morgan fingerprint density at radius 1 is 0.690 bits per heavy atom. The van der Waals surface area contributed by atoms with Crippen LogP contribution >= 0.6 is 0 Å². The summed E-state index contributed by atoms with van der Waals surface area (Å²) in [5.41, 5.74) is -2.84. The zero-order valence-electron chi connectivity index (χ0n) is 22.4. The maximum Gasteiger partial charge on any atom is 0.352 e. The molecule has 0 fully saturated rings. The van der Waals surface area contributed by atoms with E-state index in [9.17, 15) is 40.0 Å². The molecule has 3 aromatic carbocycles. The van der Waals surface area contributed by atoms with Gasteiger partial charge < -0.3 is 34.6 Å². The largest absolute Gasteiger partial charge is 0.769 e. The van der Waals surface area contributed by atoms with E-state index in [2.05, 4.69) is 0 Å². The fraction of sp³-hybridized carbons (Fsp3) is 0.214. The smallest absolute Gasteiger partial charge is 0.352 e. The van der Waals surface area contributed by atoms with Crippen molar-refractivity contribution in [1.82, 2.24) is 0 Å². The predicted molar refractivity (Wildman–Crippen MR) is 144 cm³/mol. The van der Waals surface area contributed by atoms with Crippen LogP contribution in [0.4, 0.5) is 11.4 Å². The number of ether oxygens (including phenoxy) is 4. The number of carbonyl (C=O) groups excluding carboxylic acids is 4. The Kier molecular flexibility index (Phi) is 10.9. The quantitative estimate of drug-likeness (QED) is 0.176. The Morgan fingerprint density at radius 3 is 1.45 bits per heavy atom. The minimum Gasteiger partial charge on any atom is -0.769 e. The van der Waals surface area contributed by atoms with Crippen LogP contribution in [-0.2, 0) is 28.5 Å². The van der Waals surface area contributed by atoms with Gasteiger partial charge in [0.05, 0.1) is 24.3 Å². The lowest BCUT2D eigenvalue weighted by Gasteiger charge is -2.40. The van der Waals surface area contributed by atoms with Gasteiger partial charge in [-0.15, -0.1) is 5.23 Å². The first-order chi connectivity index (χ1) is 20.1. The van der Waals surface area contributed by atoms with Gasteiger partial charge in [0.2, 0.25) is 12.2 Å². The van der Waals surface area contributed by atoms with E-state index in [1.54, 1.807) is 12.1 Å². The molecule has 0 spiro atoms. The molecule has 0 heterocycles. The molecule has 0 aliphatic heterocycles. The van der Waals surface area contributed by atoms with Crippen molar-refractivity contribution in [3.63, 3.8) is 0 Å². The van der Waals surface area contributed by atoms with Crippen LogP contribution in [0.25, 0.3) is 0 Å². The van der Waals surface area contributed by atoms with Crippen molar-refractivity contribution in [3.05, 3.63) is 105 Å². The maximum atomic E-state index is 13.0.